The summed E-state index contributed by atoms with van der Waals surface area (Å²) in [5, 5.41) is 3.59. The van der Waals surface area contributed by atoms with Crippen LogP contribution in [-0.2, 0) is 4.74 Å². The Labute approximate surface area is 143 Å². The topological polar surface area (TPSA) is 41.6 Å². The van der Waals surface area contributed by atoms with Gasteiger partial charge in [-0.1, -0.05) is 39.0 Å². The molecule has 23 heavy (non-hydrogen) atoms. The predicted octanol–water partition coefficient (Wildman–Crippen LogP) is 4.58. The second kappa shape index (κ2) is 10.9. The second-order valence-electron chi connectivity index (χ2n) is 7.88. The van der Waals surface area contributed by atoms with Crippen molar-refractivity contribution in [2.75, 3.05) is 26.2 Å². The minimum atomic E-state index is -0.396. The molecule has 4 heteroatoms. The van der Waals surface area contributed by atoms with E-state index < -0.39 is 5.60 Å². The van der Waals surface area contributed by atoms with Gasteiger partial charge in [-0.3, -0.25) is 0 Å². The van der Waals surface area contributed by atoms with Crippen LogP contribution in [0.3, 0.4) is 0 Å². The summed E-state index contributed by atoms with van der Waals surface area (Å²) in [6.45, 7) is 11.9. The molecular formula is C19H38N2O2. The lowest BCUT2D eigenvalue weighted by Crippen LogP contribution is -2.43. The van der Waals surface area contributed by atoms with Gasteiger partial charge in [-0.25, -0.2) is 4.79 Å². The van der Waals surface area contributed by atoms with Crippen molar-refractivity contribution in [2.45, 2.75) is 84.7 Å². The van der Waals surface area contributed by atoms with E-state index in [4.69, 9.17) is 4.74 Å². The van der Waals surface area contributed by atoms with Crippen LogP contribution in [0.25, 0.3) is 0 Å². The van der Waals surface area contributed by atoms with Crippen LogP contribution < -0.4 is 5.32 Å². The quantitative estimate of drug-likeness (QED) is 0.630. The number of nitrogens with zero attached hydrogens (tertiary/aromatic N) is 1. The van der Waals surface area contributed by atoms with E-state index in [1.54, 1.807) is 0 Å². The summed E-state index contributed by atoms with van der Waals surface area (Å²) < 4.78 is 5.44. The van der Waals surface area contributed by atoms with Gasteiger partial charge in [0.1, 0.15) is 5.60 Å². The number of hydrogen-bond acceptors (Lipinski definition) is 3. The van der Waals surface area contributed by atoms with Gasteiger partial charge in [-0.15, -0.1) is 0 Å². The van der Waals surface area contributed by atoms with Crippen molar-refractivity contribution in [2.24, 2.45) is 5.92 Å². The zero-order valence-electron chi connectivity index (χ0n) is 15.8. The number of nitrogens with one attached hydrogen (secondary N) is 1. The number of rotatable bonds is 9. The maximum atomic E-state index is 12.0. The zero-order chi connectivity index (χ0) is 17.1. The third kappa shape index (κ3) is 9.85. The Morgan fingerprint density at radius 2 is 1.70 bits per heavy atom. The van der Waals surface area contributed by atoms with Crippen LogP contribution in [0.1, 0.15) is 79.1 Å². The smallest absolute Gasteiger partial charge is 0.410 e. The maximum absolute atomic E-state index is 12.0. The molecule has 1 fully saturated rings. The highest BCUT2D eigenvalue weighted by molar-refractivity contribution is 5.68. The van der Waals surface area contributed by atoms with Gasteiger partial charge in [-0.05, 0) is 59.0 Å². The molecule has 0 aromatic rings. The van der Waals surface area contributed by atoms with E-state index in [9.17, 15) is 4.79 Å². The average molecular weight is 327 g/mol. The first-order valence-electron chi connectivity index (χ1n) is 9.61. The molecule has 0 spiro atoms. The third-order valence-electron chi connectivity index (χ3n) is 4.41. The van der Waals surface area contributed by atoms with Crippen molar-refractivity contribution in [3.8, 4) is 0 Å². The fourth-order valence-corrected chi connectivity index (χ4v) is 2.98. The highest BCUT2D eigenvalue weighted by Crippen LogP contribution is 2.19. The van der Waals surface area contributed by atoms with Crippen LogP contribution in [0.4, 0.5) is 4.79 Å². The molecule has 0 bridgehead atoms. The predicted molar refractivity (Wildman–Crippen MR) is 96.8 cm³/mol. The summed E-state index contributed by atoms with van der Waals surface area (Å²) in [5.74, 6) is 0.703. The van der Waals surface area contributed by atoms with Crippen molar-refractivity contribution in [3.05, 3.63) is 0 Å². The summed E-state index contributed by atoms with van der Waals surface area (Å²) in [4.78, 5) is 13.9. The van der Waals surface area contributed by atoms with Crippen molar-refractivity contribution >= 4 is 6.09 Å². The Morgan fingerprint density at radius 3 is 2.30 bits per heavy atom. The molecule has 0 radical (unpaired) electrons. The Morgan fingerprint density at radius 1 is 1.09 bits per heavy atom. The SMILES string of the molecule is CCCCCCCCNCC1CCN(C(=O)OC(C)(C)C)CC1. The molecule has 1 amide bonds. The lowest BCUT2D eigenvalue weighted by molar-refractivity contribution is 0.0184. The monoisotopic (exact) mass is 326 g/mol. The number of piperidine rings is 1. The highest BCUT2D eigenvalue weighted by Gasteiger charge is 2.26. The molecule has 1 N–H and O–H groups in total. The molecule has 1 aliphatic rings. The molecule has 0 atom stereocenters. The van der Waals surface area contributed by atoms with Crippen LogP contribution in [0.5, 0.6) is 0 Å². The molecule has 0 aliphatic carbocycles. The summed E-state index contributed by atoms with van der Waals surface area (Å²) in [5.41, 5.74) is -0.396. The van der Waals surface area contributed by atoms with Crippen LogP contribution in [0.2, 0.25) is 0 Å². The van der Waals surface area contributed by atoms with Gasteiger partial charge in [-0.2, -0.15) is 0 Å². The second-order valence-corrected chi connectivity index (χ2v) is 7.88. The van der Waals surface area contributed by atoms with Gasteiger partial charge in [0.2, 0.25) is 0 Å². The van der Waals surface area contributed by atoms with E-state index >= 15 is 0 Å². The lowest BCUT2D eigenvalue weighted by Gasteiger charge is -2.33. The van der Waals surface area contributed by atoms with E-state index in [1.165, 1.54) is 38.5 Å². The van der Waals surface area contributed by atoms with Gasteiger partial charge < -0.3 is 15.0 Å². The summed E-state index contributed by atoms with van der Waals surface area (Å²) in [6, 6.07) is 0. The maximum Gasteiger partial charge on any atom is 0.410 e. The van der Waals surface area contributed by atoms with E-state index in [1.807, 2.05) is 25.7 Å². The molecule has 0 aromatic carbocycles. The van der Waals surface area contributed by atoms with Crippen molar-refractivity contribution in [3.63, 3.8) is 0 Å². The van der Waals surface area contributed by atoms with Crippen LogP contribution in [0.15, 0.2) is 0 Å². The number of amides is 1. The number of likely N-dealkylation sites (tertiary alicyclic amines) is 1. The van der Waals surface area contributed by atoms with Gasteiger partial charge in [0, 0.05) is 13.1 Å². The first-order valence-corrected chi connectivity index (χ1v) is 9.61. The summed E-state index contributed by atoms with van der Waals surface area (Å²) in [6.07, 6.45) is 10.1. The van der Waals surface area contributed by atoms with Gasteiger partial charge in [0.15, 0.2) is 0 Å². The first kappa shape index (κ1) is 20.3. The first-order chi connectivity index (χ1) is 10.9. The summed E-state index contributed by atoms with van der Waals surface area (Å²) in [7, 11) is 0. The molecular weight excluding hydrogens is 288 g/mol. The van der Waals surface area contributed by atoms with Crippen molar-refractivity contribution in [1.82, 2.24) is 10.2 Å². The average Bonchev–Trinajstić information content (AvgIpc) is 2.49. The number of carbonyl (C=O) groups excluding carboxylic acids is 1. The molecule has 4 nitrogen and oxygen atoms in total. The minimum absolute atomic E-state index is 0.156. The van der Waals surface area contributed by atoms with Crippen molar-refractivity contribution in [1.29, 1.82) is 0 Å². The molecule has 0 unspecified atom stereocenters. The molecule has 1 saturated heterocycles. The molecule has 1 heterocycles. The van der Waals surface area contributed by atoms with Gasteiger partial charge >= 0.3 is 6.09 Å². The molecule has 0 saturated carbocycles. The molecule has 1 aliphatic heterocycles. The molecule has 136 valence electrons. The Balaban J connectivity index is 2.03. The van der Waals surface area contributed by atoms with E-state index in [0.717, 1.165) is 39.0 Å². The molecule has 1 rings (SSSR count). The Hall–Kier alpha value is -0.770. The number of unbranched alkanes of at least 4 members (excludes halogenated alkanes) is 5. The Bertz CT molecular complexity index is 318. The van der Waals surface area contributed by atoms with Gasteiger partial charge in [0.05, 0.1) is 0 Å². The van der Waals surface area contributed by atoms with Gasteiger partial charge in [0.25, 0.3) is 0 Å². The third-order valence-corrected chi connectivity index (χ3v) is 4.41. The Kier molecular flexibility index (Phi) is 9.61. The fourth-order valence-electron chi connectivity index (χ4n) is 2.98. The van der Waals surface area contributed by atoms with Crippen molar-refractivity contribution < 1.29 is 9.53 Å². The number of carbonyl (C=O) groups is 1. The normalized spacial score (nSPS) is 16.6. The number of hydrogen-bond donors (Lipinski definition) is 1. The van der Waals surface area contributed by atoms with E-state index in [2.05, 4.69) is 12.2 Å². The standard InChI is InChI=1S/C19H38N2O2/c1-5-6-7-8-9-10-13-20-16-17-11-14-21(15-12-17)18(22)23-19(2,3)4/h17,20H,5-16H2,1-4H3. The van der Waals surface area contributed by atoms with Crippen LogP contribution in [0, 0.1) is 5.92 Å². The highest BCUT2D eigenvalue weighted by atomic mass is 16.6. The zero-order valence-corrected chi connectivity index (χ0v) is 15.8. The number of ether oxygens (including phenoxy) is 1. The largest absolute Gasteiger partial charge is 0.444 e. The minimum Gasteiger partial charge on any atom is -0.444 e. The van der Waals surface area contributed by atoms with E-state index in [0.29, 0.717) is 5.92 Å². The molecule has 0 aromatic heterocycles. The van der Waals surface area contributed by atoms with Crippen LogP contribution >= 0.6 is 0 Å². The lowest BCUT2D eigenvalue weighted by atomic mass is 9.97. The fraction of sp³-hybridized carbons (Fsp3) is 0.947. The summed E-state index contributed by atoms with van der Waals surface area (Å²) >= 11 is 0. The van der Waals surface area contributed by atoms with E-state index in [-0.39, 0.29) is 6.09 Å². The van der Waals surface area contributed by atoms with Crippen LogP contribution in [-0.4, -0.2) is 42.8 Å².